The molecule has 10 nitrogen and oxygen atoms in total. The summed E-state index contributed by atoms with van der Waals surface area (Å²) in [6.07, 6.45) is 3.75. The van der Waals surface area contributed by atoms with Gasteiger partial charge in [-0.15, -0.1) is 0 Å². The van der Waals surface area contributed by atoms with Gasteiger partial charge in [0, 0.05) is 50.2 Å². The molecule has 38 heavy (non-hydrogen) atoms. The molecule has 1 saturated heterocycles. The van der Waals surface area contributed by atoms with Gasteiger partial charge in [0.2, 0.25) is 11.8 Å². The zero-order chi connectivity index (χ0) is 26.8. The number of hydrogen-bond acceptors (Lipinski definition) is 6. The summed E-state index contributed by atoms with van der Waals surface area (Å²) in [4.78, 5) is 43.1. The van der Waals surface area contributed by atoms with Crippen LogP contribution in [0.3, 0.4) is 0 Å². The van der Waals surface area contributed by atoms with Crippen molar-refractivity contribution < 1.29 is 18.5 Å². The third-order valence-corrected chi connectivity index (χ3v) is 6.80. The molecule has 1 fully saturated rings. The Morgan fingerprint density at radius 2 is 1.92 bits per heavy atom. The van der Waals surface area contributed by atoms with Gasteiger partial charge in [-0.2, -0.15) is 4.74 Å². The van der Waals surface area contributed by atoms with Crippen molar-refractivity contribution in [3.63, 3.8) is 0 Å². The van der Waals surface area contributed by atoms with E-state index in [1.54, 1.807) is 17.0 Å². The number of fused-ring (bicyclic) bond motifs is 1. The minimum atomic E-state index is -0.665. The number of aromatic amines is 1. The number of amides is 2. The standard InChI is InChI=1S/C27H29FN6O4/c1-17(35)31-16-34-15-21(27(37)38-34)18-6-7-25(22(28)12-18)32-8-10-33(11-9-32)26(36)23(29)13-19-14-30-24-5-3-2-4-20(19)24/h2-7,12,14-15,23,30H,8-11,13,16,29H2,1H3,(H,31,35)/t23-/m0/s1. The molecule has 11 heteroatoms. The van der Waals surface area contributed by atoms with E-state index < -0.39 is 17.5 Å². The van der Waals surface area contributed by atoms with Gasteiger partial charge in [-0.3, -0.25) is 9.59 Å². The highest BCUT2D eigenvalue weighted by molar-refractivity contribution is 5.86. The summed E-state index contributed by atoms with van der Waals surface area (Å²) in [5.74, 6) is -0.870. The predicted molar refractivity (Wildman–Crippen MR) is 141 cm³/mol. The molecule has 0 unspecified atom stereocenters. The fraction of sp³-hybridized carbons (Fsp3) is 0.296. The van der Waals surface area contributed by atoms with Gasteiger partial charge in [-0.1, -0.05) is 24.3 Å². The van der Waals surface area contributed by atoms with Crippen molar-refractivity contribution in [3.05, 3.63) is 76.7 Å². The summed E-state index contributed by atoms with van der Waals surface area (Å²) in [5, 5.41) is 3.58. The van der Waals surface area contributed by atoms with Crippen LogP contribution in [0.4, 0.5) is 10.1 Å². The lowest BCUT2D eigenvalue weighted by atomic mass is 10.0. The van der Waals surface area contributed by atoms with Gasteiger partial charge in [0.1, 0.15) is 12.5 Å². The molecule has 5 rings (SSSR count). The molecule has 0 radical (unpaired) electrons. The van der Waals surface area contributed by atoms with E-state index in [1.165, 1.54) is 23.9 Å². The van der Waals surface area contributed by atoms with Crippen LogP contribution < -0.4 is 21.6 Å². The van der Waals surface area contributed by atoms with E-state index in [9.17, 15) is 14.4 Å². The Bertz CT molecular complexity index is 1530. The first-order valence-electron chi connectivity index (χ1n) is 12.4. The van der Waals surface area contributed by atoms with Crippen LogP contribution >= 0.6 is 0 Å². The molecule has 0 spiro atoms. The third-order valence-electron chi connectivity index (χ3n) is 6.80. The summed E-state index contributed by atoms with van der Waals surface area (Å²) in [6.45, 7) is 3.12. The van der Waals surface area contributed by atoms with Crippen molar-refractivity contribution in [2.75, 3.05) is 31.1 Å². The van der Waals surface area contributed by atoms with E-state index in [-0.39, 0.29) is 24.0 Å². The van der Waals surface area contributed by atoms with Crippen LogP contribution in [0.5, 0.6) is 0 Å². The fourth-order valence-corrected chi connectivity index (χ4v) is 4.80. The van der Waals surface area contributed by atoms with E-state index >= 15 is 4.39 Å². The molecular formula is C27H29FN6O4. The number of para-hydroxylation sites is 1. The minimum Gasteiger partial charge on any atom is -0.366 e. The Morgan fingerprint density at radius 1 is 1.16 bits per heavy atom. The van der Waals surface area contributed by atoms with Crippen LogP contribution in [0.15, 0.2) is 64.2 Å². The van der Waals surface area contributed by atoms with Crippen molar-refractivity contribution in [3.8, 4) is 11.1 Å². The number of anilines is 1. The maximum Gasteiger partial charge on any atom is 0.365 e. The molecule has 1 aliphatic heterocycles. The number of nitrogens with two attached hydrogens (primary N) is 1. The molecular weight excluding hydrogens is 491 g/mol. The summed E-state index contributed by atoms with van der Waals surface area (Å²) in [6, 6.07) is 11.8. The van der Waals surface area contributed by atoms with Crippen LogP contribution in [-0.4, -0.2) is 58.7 Å². The number of aromatic nitrogens is 2. The summed E-state index contributed by atoms with van der Waals surface area (Å²) in [5.41, 5.74) is 8.63. The molecule has 1 aliphatic rings. The Balaban J connectivity index is 1.20. The molecule has 0 aliphatic carbocycles. The average molecular weight is 521 g/mol. The molecule has 1 atom stereocenters. The minimum absolute atomic E-state index is 0.000421. The van der Waals surface area contributed by atoms with Gasteiger partial charge >= 0.3 is 5.63 Å². The quantitative estimate of drug-likeness (QED) is 0.342. The first kappa shape index (κ1) is 25.3. The lowest BCUT2D eigenvalue weighted by Crippen LogP contribution is -2.53. The van der Waals surface area contributed by atoms with E-state index in [0.717, 1.165) is 16.5 Å². The van der Waals surface area contributed by atoms with Crippen molar-refractivity contribution in [1.29, 1.82) is 0 Å². The number of hydrogen-bond donors (Lipinski definition) is 3. The first-order valence-corrected chi connectivity index (χ1v) is 12.4. The number of carbonyl (C=O) groups excluding carboxylic acids is 2. The summed E-state index contributed by atoms with van der Waals surface area (Å²) < 4.78 is 21.4. The Hall–Kier alpha value is -4.38. The zero-order valence-electron chi connectivity index (χ0n) is 20.9. The number of carbonyl (C=O) groups is 2. The van der Waals surface area contributed by atoms with Gasteiger partial charge < -0.3 is 30.4 Å². The van der Waals surface area contributed by atoms with Crippen molar-refractivity contribution in [2.45, 2.75) is 26.1 Å². The lowest BCUT2D eigenvalue weighted by Gasteiger charge is -2.37. The second-order valence-corrected chi connectivity index (χ2v) is 9.38. The molecule has 198 valence electrons. The first-order chi connectivity index (χ1) is 18.3. The summed E-state index contributed by atoms with van der Waals surface area (Å²) in [7, 11) is 0. The Labute approximate surface area is 217 Å². The maximum absolute atomic E-state index is 15.1. The van der Waals surface area contributed by atoms with E-state index in [0.29, 0.717) is 43.9 Å². The number of benzene rings is 2. The molecule has 2 aromatic carbocycles. The average Bonchev–Trinajstić information content (AvgIpc) is 3.50. The number of rotatable bonds is 7. The normalized spacial score (nSPS) is 14.6. The molecule has 2 amide bonds. The Kier molecular flexibility index (Phi) is 7.01. The van der Waals surface area contributed by atoms with Crippen LogP contribution in [0.1, 0.15) is 12.5 Å². The van der Waals surface area contributed by atoms with Crippen molar-refractivity contribution in [2.24, 2.45) is 5.73 Å². The second kappa shape index (κ2) is 10.5. The monoisotopic (exact) mass is 520 g/mol. The number of halogens is 1. The smallest absolute Gasteiger partial charge is 0.365 e. The highest BCUT2D eigenvalue weighted by Crippen LogP contribution is 2.26. The second-order valence-electron chi connectivity index (χ2n) is 9.38. The van der Waals surface area contributed by atoms with Crippen LogP contribution in [-0.2, 0) is 22.7 Å². The Morgan fingerprint density at radius 3 is 2.66 bits per heavy atom. The number of nitrogens with one attached hydrogen (secondary N) is 2. The summed E-state index contributed by atoms with van der Waals surface area (Å²) >= 11 is 0. The van der Waals surface area contributed by atoms with Crippen LogP contribution in [0.2, 0.25) is 0 Å². The number of piperazine rings is 1. The van der Waals surface area contributed by atoms with Gasteiger partial charge in [-0.25, -0.2) is 9.18 Å². The van der Waals surface area contributed by atoms with Crippen molar-refractivity contribution >= 4 is 28.4 Å². The zero-order valence-corrected chi connectivity index (χ0v) is 20.9. The molecule has 4 N–H and O–H groups in total. The maximum atomic E-state index is 15.1. The largest absolute Gasteiger partial charge is 0.366 e. The third kappa shape index (κ3) is 5.18. The number of H-pyrrole nitrogens is 1. The molecule has 3 heterocycles. The van der Waals surface area contributed by atoms with Gasteiger partial charge in [0.15, 0.2) is 0 Å². The SMILES string of the molecule is CC(=O)NCn1cc(-c2ccc(N3CCN(C(=O)[C@@H](N)Cc4c[nH]c5ccccc45)CC3)c(F)c2)c(=O)o1. The van der Waals surface area contributed by atoms with E-state index in [4.69, 9.17) is 10.3 Å². The van der Waals surface area contributed by atoms with E-state index in [1.807, 2.05) is 35.4 Å². The highest BCUT2D eigenvalue weighted by Gasteiger charge is 2.27. The number of nitrogens with zero attached hydrogens (tertiary/aromatic N) is 3. The highest BCUT2D eigenvalue weighted by atomic mass is 19.1. The lowest BCUT2D eigenvalue weighted by molar-refractivity contribution is -0.132. The molecule has 2 aromatic heterocycles. The molecule has 4 aromatic rings. The van der Waals surface area contributed by atoms with E-state index in [2.05, 4.69) is 10.3 Å². The van der Waals surface area contributed by atoms with Crippen LogP contribution in [0, 0.1) is 5.82 Å². The van der Waals surface area contributed by atoms with Gasteiger partial charge in [0.05, 0.1) is 23.5 Å². The van der Waals surface area contributed by atoms with Crippen LogP contribution in [0.25, 0.3) is 22.0 Å². The molecule has 0 bridgehead atoms. The molecule has 0 saturated carbocycles. The van der Waals surface area contributed by atoms with Gasteiger partial charge in [0.25, 0.3) is 0 Å². The fourth-order valence-electron chi connectivity index (χ4n) is 4.80. The van der Waals surface area contributed by atoms with Gasteiger partial charge in [-0.05, 0) is 35.7 Å². The predicted octanol–water partition coefficient (Wildman–Crippen LogP) is 2.04. The van der Waals surface area contributed by atoms with Crippen molar-refractivity contribution in [1.82, 2.24) is 19.9 Å². The topological polar surface area (TPSA) is 130 Å².